The zero-order valence-electron chi connectivity index (χ0n) is 10.6. The van der Waals surface area contributed by atoms with E-state index in [2.05, 4.69) is 21.9 Å². The Hall–Kier alpha value is -3.10. The number of aromatic hydroxyl groups is 1. The average Bonchev–Trinajstić information content (AvgIpc) is 2.43. The van der Waals surface area contributed by atoms with Crippen LogP contribution in [0, 0.1) is 11.8 Å². The average molecular weight is 273 g/mol. The number of methoxy groups -OCH3 is 1. The number of azide groups is 1. The van der Waals surface area contributed by atoms with E-state index in [4.69, 9.17) is 15.4 Å². The second kappa shape index (κ2) is 7.36. The highest BCUT2D eigenvalue weighted by atomic mass is 16.5. The zero-order valence-corrected chi connectivity index (χ0v) is 10.6. The van der Waals surface area contributed by atoms with Gasteiger partial charge in [-0.3, -0.25) is 0 Å². The second-order valence-electron chi connectivity index (χ2n) is 3.48. The van der Waals surface area contributed by atoms with Gasteiger partial charge in [-0.15, -0.1) is 0 Å². The van der Waals surface area contributed by atoms with Crippen molar-refractivity contribution in [1.82, 2.24) is 0 Å². The Morgan fingerprint density at radius 2 is 2.35 bits per heavy atom. The van der Waals surface area contributed by atoms with Gasteiger partial charge >= 0.3 is 5.97 Å². The maximum absolute atomic E-state index is 10.5. The lowest BCUT2D eigenvalue weighted by molar-refractivity contribution is -0.131. The molecular formula is C13H11N3O4. The van der Waals surface area contributed by atoms with E-state index < -0.39 is 5.97 Å². The number of carboxylic acid groups (broad SMARTS) is 1. The smallest absolute Gasteiger partial charge is 0.328 e. The van der Waals surface area contributed by atoms with Gasteiger partial charge in [0.2, 0.25) is 0 Å². The number of ether oxygens (including phenoxy) is 1. The van der Waals surface area contributed by atoms with E-state index in [-0.39, 0.29) is 23.6 Å². The number of hydrogen-bond acceptors (Lipinski definition) is 4. The highest BCUT2D eigenvalue weighted by Crippen LogP contribution is 2.31. The Morgan fingerprint density at radius 1 is 1.60 bits per heavy atom. The Balaban J connectivity index is 3.20. The third-order valence-electron chi connectivity index (χ3n) is 2.17. The first-order valence-corrected chi connectivity index (χ1v) is 5.40. The third kappa shape index (κ3) is 4.29. The van der Waals surface area contributed by atoms with Crippen LogP contribution in [0.4, 0.5) is 0 Å². The summed E-state index contributed by atoms with van der Waals surface area (Å²) in [6, 6.07) is 2.98. The quantitative estimate of drug-likeness (QED) is 0.287. The summed E-state index contributed by atoms with van der Waals surface area (Å²) in [5.41, 5.74) is 8.88. The number of benzene rings is 1. The van der Waals surface area contributed by atoms with E-state index in [0.29, 0.717) is 5.56 Å². The fraction of sp³-hybridized carbons (Fsp3) is 0.154. The van der Waals surface area contributed by atoms with Crippen LogP contribution in [-0.4, -0.2) is 29.8 Å². The molecule has 0 radical (unpaired) electrons. The molecule has 2 N–H and O–H groups in total. The number of hydrogen-bond donors (Lipinski definition) is 2. The summed E-state index contributed by atoms with van der Waals surface area (Å²) < 4.78 is 4.98. The lowest BCUT2D eigenvalue weighted by atomic mass is 10.1. The molecule has 0 atom stereocenters. The Morgan fingerprint density at radius 3 is 2.95 bits per heavy atom. The monoisotopic (exact) mass is 273 g/mol. The number of carboxylic acids is 1. The van der Waals surface area contributed by atoms with E-state index in [0.717, 1.165) is 6.08 Å². The van der Waals surface area contributed by atoms with E-state index in [1.54, 1.807) is 0 Å². The number of carbonyl (C=O) groups is 1. The van der Waals surface area contributed by atoms with Crippen LogP contribution >= 0.6 is 0 Å². The number of nitrogens with zero attached hydrogens (tertiary/aromatic N) is 3. The number of rotatable bonds is 4. The van der Waals surface area contributed by atoms with Gasteiger partial charge in [0.15, 0.2) is 11.5 Å². The molecule has 1 aromatic rings. The molecule has 0 bridgehead atoms. The molecule has 0 saturated heterocycles. The van der Waals surface area contributed by atoms with Gasteiger partial charge in [0.1, 0.15) is 0 Å². The van der Waals surface area contributed by atoms with Gasteiger partial charge in [-0.25, -0.2) is 4.79 Å². The van der Waals surface area contributed by atoms with Gasteiger partial charge in [0.05, 0.1) is 19.2 Å². The zero-order chi connectivity index (χ0) is 15.0. The van der Waals surface area contributed by atoms with Gasteiger partial charge < -0.3 is 14.9 Å². The van der Waals surface area contributed by atoms with Crippen LogP contribution in [0.15, 0.2) is 23.3 Å². The molecule has 0 heterocycles. The third-order valence-corrected chi connectivity index (χ3v) is 2.17. The van der Waals surface area contributed by atoms with Crippen LogP contribution in [-0.2, 0) is 4.79 Å². The molecule has 0 aliphatic carbocycles. The molecule has 0 amide bonds. The highest BCUT2D eigenvalue weighted by Gasteiger charge is 2.08. The molecule has 0 aromatic heterocycles. The minimum Gasteiger partial charge on any atom is -0.503 e. The maximum atomic E-state index is 10.5. The standard InChI is InChI=1S/C13H11N3O4/c1-20-11-8-9(4-5-12(17)18)7-10(13(11)19)3-2-6-15-16-14/h4-5,7-8,19H,6H2,1H3,(H,17,18). The van der Waals surface area contributed by atoms with Crippen LogP contribution in [0.1, 0.15) is 11.1 Å². The predicted molar refractivity (Wildman–Crippen MR) is 72.2 cm³/mol. The number of aliphatic carboxylic acids is 1. The first kappa shape index (κ1) is 15.0. The SMILES string of the molecule is COc1cc(C=CC(=O)O)cc(C#CCN=[N+]=[N-])c1O. The normalized spacial score (nSPS) is 9.45. The van der Waals surface area contributed by atoms with Gasteiger partial charge in [-0.2, -0.15) is 0 Å². The summed E-state index contributed by atoms with van der Waals surface area (Å²) in [6.45, 7) is -0.0343. The van der Waals surface area contributed by atoms with Crippen molar-refractivity contribution in [2.75, 3.05) is 13.7 Å². The molecule has 20 heavy (non-hydrogen) atoms. The lowest BCUT2D eigenvalue weighted by Crippen LogP contribution is -1.90. The molecule has 0 unspecified atom stereocenters. The van der Waals surface area contributed by atoms with E-state index in [9.17, 15) is 9.90 Å². The van der Waals surface area contributed by atoms with E-state index in [1.807, 2.05) is 0 Å². The Kier molecular flexibility index (Phi) is 5.51. The van der Waals surface area contributed by atoms with Crippen LogP contribution in [0.2, 0.25) is 0 Å². The van der Waals surface area contributed by atoms with Crippen LogP contribution in [0.3, 0.4) is 0 Å². The first-order valence-electron chi connectivity index (χ1n) is 5.40. The highest BCUT2D eigenvalue weighted by molar-refractivity contribution is 5.85. The van der Waals surface area contributed by atoms with E-state index in [1.165, 1.54) is 25.3 Å². The molecule has 0 fully saturated rings. The van der Waals surface area contributed by atoms with Crippen molar-refractivity contribution in [3.05, 3.63) is 39.8 Å². The summed E-state index contributed by atoms with van der Waals surface area (Å²) in [6.07, 6.45) is 2.31. The summed E-state index contributed by atoms with van der Waals surface area (Å²) in [4.78, 5) is 13.0. The van der Waals surface area contributed by atoms with Crippen molar-refractivity contribution in [2.24, 2.45) is 5.11 Å². The van der Waals surface area contributed by atoms with Gasteiger partial charge in [0.25, 0.3) is 0 Å². The van der Waals surface area contributed by atoms with Crippen molar-refractivity contribution >= 4 is 12.0 Å². The van der Waals surface area contributed by atoms with Crippen molar-refractivity contribution in [1.29, 1.82) is 0 Å². The number of phenols is 1. The summed E-state index contributed by atoms with van der Waals surface area (Å²) in [5.74, 6) is 4.11. The fourth-order valence-corrected chi connectivity index (χ4v) is 1.35. The van der Waals surface area contributed by atoms with Crippen molar-refractivity contribution in [3.63, 3.8) is 0 Å². The van der Waals surface area contributed by atoms with Crippen molar-refractivity contribution < 1.29 is 19.7 Å². The fourth-order valence-electron chi connectivity index (χ4n) is 1.35. The van der Waals surface area contributed by atoms with Crippen molar-refractivity contribution in [3.8, 4) is 23.3 Å². The molecule has 0 aliphatic rings. The van der Waals surface area contributed by atoms with Gasteiger partial charge in [0, 0.05) is 11.0 Å². The summed E-state index contributed by atoms with van der Waals surface area (Å²) >= 11 is 0. The van der Waals surface area contributed by atoms with Crippen LogP contribution in [0.5, 0.6) is 11.5 Å². The van der Waals surface area contributed by atoms with Crippen LogP contribution in [0.25, 0.3) is 16.5 Å². The lowest BCUT2D eigenvalue weighted by Gasteiger charge is -2.06. The largest absolute Gasteiger partial charge is 0.503 e. The van der Waals surface area contributed by atoms with Crippen molar-refractivity contribution in [2.45, 2.75) is 0 Å². The molecular weight excluding hydrogens is 262 g/mol. The molecule has 0 spiro atoms. The van der Waals surface area contributed by atoms with Crippen LogP contribution < -0.4 is 4.74 Å². The molecule has 102 valence electrons. The first-order chi connectivity index (χ1) is 9.58. The second-order valence-corrected chi connectivity index (χ2v) is 3.48. The number of phenolic OH excluding ortho intramolecular Hbond substituents is 1. The molecule has 7 heteroatoms. The van der Waals surface area contributed by atoms with E-state index >= 15 is 0 Å². The Bertz CT molecular complexity index is 650. The maximum Gasteiger partial charge on any atom is 0.328 e. The topological polar surface area (TPSA) is 116 Å². The molecule has 0 aliphatic heterocycles. The molecule has 1 rings (SSSR count). The molecule has 7 nitrogen and oxygen atoms in total. The molecule has 0 saturated carbocycles. The predicted octanol–water partition coefficient (Wildman–Crippen LogP) is 2.16. The van der Waals surface area contributed by atoms with Gasteiger partial charge in [-0.1, -0.05) is 17.0 Å². The summed E-state index contributed by atoms with van der Waals surface area (Å²) in [7, 11) is 1.37. The molecule has 1 aromatic carbocycles. The summed E-state index contributed by atoms with van der Waals surface area (Å²) in [5, 5.41) is 21.7. The minimum absolute atomic E-state index is 0.0343. The Labute approximate surface area is 114 Å². The minimum atomic E-state index is -1.09. The van der Waals surface area contributed by atoms with Gasteiger partial charge in [-0.05, 0) is 29.3 Å².